The van der Waals surface area contributed by atoms with Gasteiger partial charge in [0.15, 0.2) is 5.79 Å². The summed E-state index contributed by atoms with van der Waals surface area (Å²) in [5.74, 6) is -0.408. The molecule has 2 aromatic carbocycles. The van der Waals surface area contributed by atoms with Gasteiger partial charge in [-0.2, -0.15) is 0 Å². The summed E-state index contributed by atoms with van der Waals surface area (Å²) in [5.41, 5.74) is 3.65. The molecule has 0 N–H and O–H groups in total. The van der Waals surface area contributed by atoms with Crippen molar-refractivity contribution < 1.29 is 23.7 Å². The van der Waals surface area contributed by atoms with Crippen molar-refractivity contribution in [2.24, 2.45) is 0 Å². The summed E-state index contributed by atoms with van der Waals surface area (Å²) in [6.45, 7) is 2.58. The molecule has 194 valence electrons. The van der Waals surface area contributed by atoms with Crippen LogP contribution >= 0.6 is 0 Å². The SMILES string of the molecule is COCO[C@@H]1CCCN2[C@H]1[C@@H]1OC3(CCCCC3)O[C@@H]1[C@H]2COCc1ccc(-c2ccccc2)cc1. The van der Waals surface area contributed by atoms with E-state index in [2.05, 4.69) is 53.4 Å². The van der Waals surface area contributed by atoms with Crippen molar-refractivity contribution in [3.63, 3.8) is 0 Å². The lowest BCUT2D eigenvalue weighted by atomic mass is 9.94. The summed E-state index contributed by atoms with van der Waals surface area (Å²) in [6, 6.07) is 19.6. The normalized spacial score (nSPS) is 31.4. The van der Waals surface area contributed by atoms with Crippen LogP contribution in [0.2, 0.25) is 0 Å². The van der Waals surface area contributed by atoms with Gasteiger partial charge >= 0.3 is 0 Å². The maximum Gasteiger partial charge on any atom is 0.169 e. The van der Waals surface area contributed by atoms with Gasteiger partial charge in [-0.05, 0) is 48.9 Å². The van der Waals surface area contributed by atoms with Crippen molar-refractivity contribution >= 4 is 0 Å². The minimum atomic E-state index is -0.408. The summed E-state index contributed by atoms with van der Waals surface area (Å²) < 4.78 is 31.4. The van der Waals surface area contributed by atoms with Gasteiger partial charge in [-0.1, -0.05) is 61.0 Å². The second-order valence-electron chi connectivity index (χ2n) is 10.8. The molecular weight excluding hydrogens is 454 g/mol. The number of benzene rings is 2. The predicted molar refractivity (Wildman–Crippen MR) is 137 cm³/mol. The van der Waals surface area contributed by atoms with Crippen LogP contribution in [0.15, 0.2) is 54.6 Å². The Morgan fingerprint density at radius 2 is 1.64 bits per heavy atom. The van der Waals surface area contributed by atoms with Gasteiger partial charge in [-0.25, -0.2) is 0 Å². The quantitative estimate of drug-likeness (QED) is 0.474. The summed E-state index contributed by atoms with van der Waals surface area (Å²) >= 11 is 0. The molecule has 4 fully saturated rings. The van der Waals surface area contributed by atoms with Gasteiger partial charge in [-0.15, -0.1) is 0 Å². The molecule has 36 heavy (non-hydrogen) atoms. The average molecular weight is 494 g/mol. The molecule has 5 atom stereocenters. The molecule has 0 bridgehead atoms. The molecule has 3 heterocycles. The number of ether oxygens (including phenoxy) is 5. The third kappa shape index (κ3) is 4.87. The first-order chi connectivity index (χ1) is 17.8. The summed E-state index contributed by atoms with van der Waals surface area (Å²) in [6.07, 6.45) is 7.92. The molecule has 6 nitrogen and oxygen atoms in total. The number of rotatable bonds is 8. The van der Waals surface area contributed by atoms with E-state index in [9.17, 15) is 0 Å². The Bertz CT molecular complexity index is 977. The smallest absolute Gasteiger partial charge is 0.169 e. The second kappa shape index (κ2) is 10.9. The minimum absolute atomic E-state index is 0.0281. The van der Waals surface area contributed by atoms with Crippen LogP contribution in [-0.4, -0.2) is 68.1 Å². The fourth-order valence-corrected chi connectivity index (χ4v) is 6.78. The van der Waals surface area contributed by atoms with Crippen molar-refractivity contribution in [1.29, 1.82) is 0 Å². The predicted octanol–water partition coefficient (Wildman–Crippen LogP) is 5.15. The molecule has 1 spiro atoms. The summed E-state index contributed by atoms with van der Waals surface area (Å²) in [7, 11) is 1.69. The molecule has 1 aliphatic carbocycles. The first kappa shape index (κ1) is 24.5. The number of fused-ring (bicyclic) bond motifs is 3. The van der Waals surface area contributed by atoms with Gasteiger partial charge in [-0.3, -0.25) is 4.90 Å². The topological polar surface area (TPSA) is 49.4 Å². The van der Waals surface area contributed by atoms with Crippen LogP contribution in [0.25, 0.3) is 11.1 Å². The third-order valence-electron chi connectivity index (χ3n) is 8.47. The Balaban J connectivity index is 1.14. The largest absolute Gasteiger partial charge is 0.375 e. The molecule has 4 aliphatic rings. The van der Waals surface area contributed by atoms with Crippen molar-refractivity contribution in [2.45, 2.75) is 87.7 Å². The van der Waals surface area contributed by atoms with E-state index in [0.29, 0.717) is 20.0 Å². The zero-order valence-electron chi connectivity index (χ0n) is 21.3. The summed E-state index contributed by atoms with van der Waals surface area (Å²) in [5, 5.41) is 0. The maximum atomic E-state index is 6.81. The fourth-order valence-electron chi connectivity index (χ4n) is 6.78. The molecule has 3 aliphatic heterocycles. The Labute approximate surface area is 214 Å². The fraction of sp³-hybridized carbons (Fsp3) is 0.600. The van der Waals surface area contributed by atoms with E-state index in [1.165, 1.54) is 36.0 Å². The lowest BCUT2D eigenvalue weighted by Crippen LogP contribution is -2.54. The molecule has 0 aromatic heterocycles. The Morgan fingerprint density at radius 3 is 2.42 bits per heavy atom. The molecule has 2 aromatic rings. The van der Waals surface area contributed by atoms with Crippen LogP contribution in [0.3, 0.4) is 0 Å². The standard InChI is InChI=1S/C30H39NO5/c1-32-21-34-26-11-8-18-31-25(28-29(27(26)31)36-30(35-28)16-6-3-7-17-30)20-33-19-22-12-14-24(15-13-22)23-9-4-2-5-10-23/h2,4-5,9-10,12-15,25-29H,3,6-8,11,16-21H2,1H3/t25-,26-,27-,28-,29+/m1/s1. The van der Waals surface area contributed by atoms with Crippen molar-refractivity contribution in [3.8, 4) is 11.1 Å². The number of nitrogens with zero attached hydrogens (tertiary/aromatic N) is 1. The highest BCUT2D eigenvalue weighted by atomic mass is 16.8. The molecule has 0 unspecified atom stereocenters. The van der Waals surface area contributed by atoms with Crippen LogP contribution < -0.4 is 0 Å². The first-order valence-electron chi connectivity index (χ1n) is 13.7. The third-order valence-corrected chi connectivity index (χ3v) is 8.47. The second-order valence-corrected chi connectivity index (χ2v) is 10.8. The van der Waals surface area contributed by atoms with Crippen LogP contribution in [0.4, 0.5) is 0 Å². The van der Waals surface area contributed by atoms with E-state index in [1.807, 2.05) is 6.07 Å². The first-order valence-corrected chi connectivity index (χ1v) is 13.7. The molecule has 1 saturated carbocycles. The number of piperidine rings is 1. The average Bonchev–Trinajstić information content (AvgIpc) is 3.42. The number of methoxy groups -OCH3 is 1. The molecule has 6 rings (SSSR count). The van der Waals surface area contributed by atoms with Crippen LogP contribution in [-0.2, 0) is 30.3 Å². The highest BCUT2D eigenvalue weighted by molar-refractivity contribution is 5.63. The van der Waals surface area contributed by atoms with Crippen LogP contribution in [0.1, 0.15) is 50.5 Å². The van der Waals surface area contributed by atoms with Gasteiger partial charge < -0.3 is 23.7 Å². The van der Waals surface area contributed by atoms with Gasteiger partial charge in [0.2, 0.25) is 0 Å². The highest BCUT2D eigenvalue weighted by Gasteiger charge is 2.62. The minimum Gasteiger partial charge on any atom is -0.375 e. The molecule has 6 heteroatoms. The Hall–Kier alpha value is -1.80. The van der Waals surface area contributed by atoms with Gasteiger partial charge in [0.25, 0.3) is 0 Å². The van der Waals surface area contributed by atoms with E-state index in [4.69, 9.17) is 23.7 Å². The van der Waals surface area contributed by atoms with E-state index in [0.717, 1.165) is 32.2 Å². The van der Waals surface area contributed by atoms with E-state index in [1.54, 1.807) is 7.11 Å². The van der Waals surface area contributed by atoms with E-state index >= 15 is 0 Å². The maximum absolute atomic E-state index is 6.81. The van der Waals surface area contributed by atoms with Crippen LogP contribution in [0, 0.1) is 0 Å². The van der Waals surface area contributed by atoms with E-state index in [-0.39, 0.29) is 30.4 Å². The number of hydrogen-bond donors (Lipinski definition) is 0. The summed E-state index contributed by atoms with van der Waals surface area (Å²) in [4.78, 5) is 2.55. The van der Waals surface area contributed by atoms with Crippen molar-refractivity contribution in [2.75, 3.05) is 27.1 Å². The zero-order valence-corrected chi connectivity index (χ0v) is 21.3. The lowest BCUT2D eigenvalue weighted by molar-refractivity contribution is -0.223. The molecule has 0 radical (unpaired) electrons. The number of hydrogen-bond acceptors (Lipinski definition) is 6. The van der Waals surface area contributed by atoms with E-state index < -0.39 is 5.79 Å². The zero-order chi connectivity index (χ0) is 24.4. The lowest BCUT2D eigenvalue weighted by Gasteiger charge is -2.42. The molecule has 3 saturated heterocycles. The van der Waals surface area contributed by atoms with Crippen molar-refractivity contribution in [3.05, 3.63) is 60.2 Å². The molecular formula is C30H39NO5. The Kier molecular flexibility index (Phi) is 7.43. The van der Waals surface area contributed by atoms with Gasteiger partial charge in [0.1, 0.15) is 19.0 Å². The van der Waals surface area contributed by atoms with Gasteiger partial charge in [0, 0.05) is 20.0 Å². The Morgan fingerprint density at radius 1 is 0.889 bits per heavy atom. The van der Waals surface area contributed by atoms with Crippen LogP contribution in [0.5, 0.6) is 0 Å². The monoisotopic (exact) mass is 493 g/mol. The van der Waals surface area contributed by atoms with Gasteiger partial charge in [0.05, 0.1) is 31.4 Å². The molecule has 0 amide bonds. The highest BCUT2D eigenvalue weighted by Crippen LogP contribution is 2.49. The van der Waals surface area contributed by atoms with Crippen molar-refractivity contribution in [1.82, 2.24) is 4.90 Å².